The molecule has 2 rings (SSSR count). The van der Waals surface area contributed by atoms with E-state index in [9.17, 15) is 0 Å². The van der Waals surface area contributed by atoms with Crippen LogP contribution in [-0.4, -0.2) is 18.6 Å². The number of hydrogen-bond donors (Lipinski definition) is 1. The van der Waals surface area contributed by atoms with Gasteiger partial charge in [0.1, 0.15) is 0 Å². The van der Waals surface area contributed by atoms with E-state index in [4.69, 9.17) is 0 Å². The zero-order valence-electron chi connectivity index (χ0n) is 10.4. The third kappa shape index (κ3) is 3.78. The molecule has 0 aliphatic rings. The smallest absolute Gasteiger partial charge is 0.185 e. The van der Waals surface area contributed by atoms with E-state index in [0.717, 1.165) is 29.2 Å². The first-order valence-corrected chi connectivity index (χ1v) is 8.27. The molecule has 2 aromatic heterocycles. The highest BCUT2D eigenvalue weighted by Crippen LogP contribution is 2.26. The molecule has 0 amide bonds. The number of nitrogens with one attached hydrogen (secondary N) is 1. The van der Waals surface area contributed by atoms with Crippen LogP contribution in [0.1, 0.15) is 16.7 Å². The van der Waals surface area contributed by atoms with Crippen LogP contribution in [0.5, 0.6) is 0 Å². The molecule has 3 nitrogen and oxygen atoms in total. The topological polar surface area (TPSA) is 28.2 Å². The van der Waals surface area contributed by atoms with Gasteiger partial charge in [0.15, 0.2) is 5.13 Å². The largest absolute Gasteiger partial charge is 0.346 e. The number of nitrogens with zero attached hydrogens (tertiary/aromatic N) is 2. The minimum Gasteiger partial charge on any atom is -0.346 e. The Kier molecular flexibility index (Phi) is 5.17. The van der Waals surface area contributed by atoms with Crippen molar-refractivity contribution in [3.05, 3.63) is 31.9 Å². The summed E-state index contributed by atoms with van der Waals surface area (Å²) < 4.78 is 1.16. The van der Waals surface area contributed by atoms with Gasteiger partial charge in [0, 0.05) is 39.4 Å². The molecule has 0 saturated heterocycles. The number of anilines is 1. The average molecular weight is 346 g/mol. The summed E-state index contributed by atoms with van der Waals surface area (Å²) in [6.45, 7) is 4.92. The molecule has 6 heteroatoms. The molecule has 0 aromatic carbocycles. The summed E-state index contributed by atoms with van der Waals surface area (Å²) in [5.74, 6) is 0. The highest BCUT2D eigenvalue weighted by atomic mass is 79.9. The Morgan fingerprint density at radius 1 is 1.44 bits per heavy atom. The molecule has 2 aromatic rings. The Morgan fingerprint density at radius 2 is 2.28 bits per heavy atom. The van der Waals surface area contributed by atoms with E-state index in [-0.39, 0.29) is 0 Å². The number of thiazole rings is 1. The molecule has 0 fully saturated rings. The Labute approximate surface area is 124 Å². The fourth-order valence-electron chi connectivity index (χ4n) is 1.54. The lowest BCUT2D eigenvalue weighted by molar-refractivity contribution is 0.734. The minimum absolute atomic E-state index is 0.907. The second kappa shape index (κ2) is 6.65. The van der Waals surface area contributed by atoms with Crippen molar-refractivity contribution in [1.29, 1.82) is 0 Å². The van der Waals surface area contributed by atoms with Crippen molar-refractivity contribution >= 4 is 43.7 Å². The van der Waals surface area contributed by atoms with Gasteiger partial charge in [0.05, 0.1) is 6.54 Å². The molecule has 0 saturated carbocycles. The first-order chi connectivity index (χ1) is 8.69. The summed E-state index contributed by atoms with van der Waals surface area (Å²) in [6.07, 6.45) is 1.96. The van der Waals surface area contributed by atoms with Crippen molar-refractivity contribution < 1.29 is 0 Å². The van der Waals surface area contributed by atoms with Crippen molar-refractivity contribution in [2.45, 2.75) is 20.0 Å². The summed E-state index contributed by atoms with van der Waals surface area (Å²) in [4.78, 5) is 9.29. The summed E-state index contributed by atoms with van der Waals surface area (Å²) in [7, 11) is 2.09. The van der Waals surface area contributed by atoms with E-state index in [1.807, 2.05) is 6.20 Å². The molecule has 0 aliphatic heterocycles. The van der Waals surface area contributed by atoms with Gasteiger partial charge < -0.3 is 10.2 Å². The maximum absolute atomic E-state index is 4.47. The Balaban J connectivity index is 1.96. The zero-order valence-corrected chi connectivity index (χ0v) is 13.7. The number of rotatable bonds is 6. The van der Waals surface area contributed by atoms with Crippen molar-refractivity contribution in [1.82, 2.24) is 10.3 Å². The fourth-order valence-corrected chi connectivity index (χ4v) is 3.89. The first-order valence-electron chi connectivity index (χ1n) is 5.78. The van der Waals surface area contributed by atoms with Crippen molar-refractivity contribution in [3.63, 3.8) is 0 Å². The minimum atomic E-state index is 0.907. The molecule has 1 N–H and O–H groups in total. The molecule has 0 atom stereocenters. The highest BCUT2D eigenvalue weighted by molar-refractivity contribution is 9.10. The van der Waals surface area contributed by atoms with Crippen LogP contribution < -0.4 is 10.2 Å². The third-order valence-corrected chi connectivity index (χ3v) is 5.23. The number of thiophene rings is 1. The quantitative estimate of drug-likeness (QED) is 0.864. The second-order valence-electron chi connectivity index (χ2n) is 3.98. The lowest BCUT2D eigenvalue weighted by Gasteiger charge is -2.13. The SMILES string of the molecule is CCNCc1cnc(N(C)Cc2cc(Br)cs2)s1. The van der Waals surface area contributed by atoms with Gasteiger partial charge in [-0.2, -0.15) is 0 Å². The van der Waals surface area contributed by atoms with E-state index in [0.29, 0.717) is 0 Å². The summed E-state index contributed by atoms with van der Waals surface area (Å²) in [5, 5.41) is 6.51. The normalized spacial score (nSPS) is 10.8. The molecule has 0 unspecified atom stereocenters. The van der Waals surface area contributed by atoms with Crippen LogP contribution >= 0.6 is 38.6 Å². The fraction of sp³-hybridized carbons (Fsp3) is 0.417. The lowest BCUT2D eigenvalue weighted by atomic mass is 10.4. The van der Waals surface area contributed by atoms with Crippen LogP contribution in [0.15, 0.2) is 22.1 Å². The van der Waals surface area contributed by atoms with Gasteiger partial charge in [-0.25, -0.2) is 4.98 Å². The monoisotopic (exact) mass is 345 g/mol. The molecule has 98 valence electrons. The maximum atomic E-state index is 4.47. The predicted octanol–water partition coefficient (Wildman–Crippen LogP) is 3.71. The molecule has 0 bridgehead atoms. The zero-order chi connectivity index (χ0) is 13.0. The molecule has 0 spiro atoms. The number of aromatic nitrogens is 1. The van der Waals surface area contributed by atoms with E-state index in [1.54, 1.807) is 22.7 Å². The van der Waals surface area contributed by atoms with Crippen molar-refractivity contribution in [2.75, 3.05) is 18.5 Å². The number of halogens is 1. The Morgan fingerprint density at radius 3 is 2.94 bits per heavy atom. The third-order valence-electron chi connectivity index (χ3n) is 2.43. The van der Waals surface area contributed by atoms with E-state index in [1.165, 1.54) is 9.75 Å². The Hall–Kier alpha value is -0.430. The standard InChI is InChI=1S/C12H16BrN3S2/c1-3-14-5-11-6-15-12(18-11)16(2)7-10-4-9(13)8-17-10/h4,6,8,14H,3,5,7H2,1-2H3. The van der Waals surface area contributed by atoms with Crippen LogP contribution in [0.2, 0.25) is 0 Å². The van der Waals surface area contributed by atoms with Gasteiger partial charge >= 0.3 is 0 Å². The van der Waals surface area contributed by atoms with E-state index in [2.05, 4.69) is 56.5 Å². The molecular weight excluding hydrogens is 330 g/mol. The molecule has 0 aliphatic carbocycles. The maximum Gasteiger partial charge on any atom is 0.185 e. The van der Waals surface area contributed by atoms with Crippen LogP contribution in [0.4, 0.5) is 5.13 Å². The van der Waals surface area contributed by atoms with Gasteiger partial charge in [-0.1, -0.05) is 6.92 Å². The van der Waals surface area contributed by atoms with Crippen molar-refractivity contribution in [2.24, 2.45) is 0 Å². The van der Waals surface area contributed by atoms with Crippen LogP contribution in [-0.2, 0) is 13.1 Å². The average Bonchev–Trinajstić information content (AvgIpc) is 2.96. The van der Waals surface area contributed by atoms with E-state index >= 15 is 0 Å². The lowest BCUT2D eigenvalue weighted by Crippen LogP contribution is -2.15. The molecular formula is C12H16BrN3S2. The van der Waals surface area contributed by atoms with Crippen LogP contribution in [0.25, 0.3) is 0 Å². The van der Waals surface area contributed by atoms with Gasteiger partial charge in [0.2, 0.25) is 0 Å². The van der Waals surface area contributed by atoms with Gasteiger partial charge in [-0.3, -0.25) is 0 Å². The van der Waals surface area contributed by atoms with Crippen molar-refractivity contribution in [3.8, 4) is 0 Å². The van der Waals surface area contributed by atoms with Gasteiger partial charge in [-0.05, 0) is 28.5 Å². The highest BCUT2D eigenvalue weighted by Gasteiger charge is 2.08. The van der Waals surface area contributed by atoms with Gasteiger partial charge in [0.25, 0.3) is 0 Å². The second-order valence-corrected chi connectivity index (χ2v) is 6.98. The first kappa shape index (κ1) is 14.0. The molecule has 18 heavy (non-hydrogen) atoms. The Bertz CT molecular complexity index is 495. The summed E-state index contributed by atoms with van der Waals surface area (Å²) in [5.41, 5.74) is 0. The van der Waals surface area contributed by atoms with E-state index < -0.39 is 0 Å². The molecule has 0 radical (unpaired) electrons. The summed E-state index contributed by atoms with van der Waals surface area (Å²) >= 11 is 7.00. The predicted molar refractivity (Wildman–Crippen MR) is 83.6 cm³/mol. The van der Waals surface area contributed by atoms with Crippen LogP contribution in [0.3, 0.4) is 0 Å². The van der Waals surface area contributed by atoms with Crippen LogP contribution in [0, 0.1) is 0 Å². The van der Waals surface area contributed by atoms with Gasteiger partial charge in [-0.15, -0.1) is 22.7 Å². The molecule has 2 heterocycles. The summed E-state index contributed by atoms with van der Waals surface area (Å²) in [6, 6.07) is 2.16. The number of hydrogen-bond acceptors (Lipinski definition) is 5.